The highest BCUT2D eigenvalue weighted by Gasteiger charge is 2.16. The van der Waals surface area contributed by atoms with Gasteiger partial charge in [0.15, 0.2) is 0 Å². The van der Waals surface area contributed by atoms with E-state index in [0.717, 1.165) is 11.8 Å². The van der Waals surface area contributed by atoms with Crippen LogP contribution in [0.4, 0.5) is 0 Å². The molecule has 0 aromatic heterocycles. The lowest BCUT2D eigenvalue weighted by molar-refractivity contribution is -0.149. The third kappa shape index (κ3) is 3.58. The van der Waals surface area contributed by atoms with Crippen LogP contribution in [-0.4, -0.2) is 24.8 Å². The molecule has 0 heterocycles. The largest absolute Gasteiger partial charge is 0.497 e. The van der Waals surface area contributed by atoms with Gasteiger partial charge in [0.05, 0.1) is 13.7 Å². The van der Waals surface area contributed by atoms with E-state index in [-0.39, 0.29) is 6.61 Å². The molecule has 0 fully saturated rings. The molecule has 1 aromatic carbocycles. The van der Waals surface area contributed by atoms with Crippen molar-refractivity contribution in [2.45, 2.75) is 11.8 Å². The van der Waals surface area contributed by atoms with E-state index < -0.39 is 11.1 Å². The zero-order valence-electron chi connectivity index (χ0n) is 9.06. The molecule has 1 aromatic rings. The van der Waals surface area contributed by atoms with Crippen LogP contribution in [0, 0.1) is 0 Å². The first kappa shape index (κ1) is 12.6. The Morgan fingerprint density at radius 1 is 1.38 bits per heavy atom. The molecule has 16 heavy (non-hydrogen) atoms. The molecule has 0 unspecified atom stereocenters. The van der Waals surface area contributed by atoms with Gasteiger partial charge in [-0.25, -0.2) is 4.79 Å². The summed E-state index contributed by atoms with van der Waals surface area (Å²) in [7, 11) is 1.54. The van der Waals surface area contributed by atoms with Gasteiger partial charge >= 0.3 is 11.1 Å². The molecule has 0 radical (unpaired) electrons. The monoisotopic (exact) mass is 240 g/mol. The maximum atomic E-state index is 11.3. The van der Waals surface area contributed by atoms with Crippen LogP contribution >= 0.6 is 11.8 Å². The van der Waals surface area contributed by atoms with E-state index in [0.29, 0.717) is 10.6 Å². The van der Waals surface area contributed by atoms with Gasteiger partial charge in [0, 0.05) is 4.90 Å². The number of thioether (sulfide) groups is 1. The highest BCUT2D eigenvalue weighted by molar-refractivity contribution is 8.15. The first-order valence-electron chi connectivity index (χ1n) is 4.70. The number of carbonyl (C=O) groups excluding carboxylic acids is 2. The number of carbonyl (C=O) groups is 2. The normalized spacial score (nSPS) is 9.62. The number of hydrogen-bond acceptors (Lipinski definition) is 5. The summed E-state index contributed by atoms with van der Waals surface area (Å²) in [4.78, 5) is 23.1. The highest BCUT2D eigenvalue weighted by Crippen LogP contribution is 2.23. The molecule has 0 atom stereocenters. The number of rotatable bonds is 3. The van der Waals surface area contributed by atoms with Crippen LogP contribution in [0.3, 0.4) is 0 Å². The molecule has 0 N–H and O–H groups in total. The fraction of sp³-hybridized carbons (Fsp3) is 0.273. The van der Waals surface area contributed by atoms with E-state index in [1.54, 1.807) is 31.2 Å². The minimum Gasteiger partial charge on any atom is -0.497 e. The average molecular weight is 240 g/mol. The zero-order chi connectivity index (χ0) is 12.0. The molecule has 5 heteroatoms. The summed E-state index contributed by atoms with van der Waals surface area (Å²) in [6.45, 7) is 1.85. The van der Waals surface area contributed by atoms with Crippen molar-refractivity contribution in [3.05, 3.63) is 24.3 Å². The second-order valence-corrected chi connectivity index (χ2v) is 3.84. The van der Waals surface area contributed by atoms with Gasteiger partial charge in [0.2, 0.25) is 0 Å². The maximum absolute atomic E-state index is 11.3. The van der Waals surface area contributed by atoms with Gasteiger partial charge in [-0.15, -0.1) is 0 Å². The van der Waals surface area contributed by atoms with Crippen molar-refractivity contribution in [2.24, 2.45) is 0 Å². The number of ether oxygens (including phenoxy) is 2. The van der Waals surface area contributed by atoms with E-state index in [4.69, 9.17) is 4.74 Å². The summed E-state index contributed by atoms with van der Waals surface area (Å²) in [6, 6.07) is 6.92. The van der Waals surface area contributed by atoms with Crippen molar-refractivity contribution >= 4 is 22.8 Å². The third-order valence-corrected chi connectivity index (χ3v) is 2.54. The minimum absolute atomic E-state index is 0.198. The molecule has 0 bridgehead atoms. The summed E-state index contributed by atoms with van der Waals surface area (Å²) in [5, 5.41) is -0.630. The van der Waals surface area contributed by atoms with Crippen LogP contribution < -0.4 is 4.74 Å². The number of hydrogen-bond donors (Lipinski definition) is 0. The smallest absolute Gasteiger partial charge is 0.386 e. The second kappa shape index (κ2) is 6.17. The van der Waals surface area contributed by atoms with Crippen LogP contribution in [-0.2, 0) is 14.3 Å². The Bertz CT molecular complexity index is 389. The molecule has 86 valence electrons. The highest BCUT2D eigenvalue weighted by atomic mass is 32.2. The van der Waals surface area contributed by atoms with Gasteiger partial charge in [0.25, 0.3) is 0 Å². The molecule has 0 aliphatic carbocycles. The molecule has 0 amide bonds. The van der Waals surface area contributed by atoms with Crippen molar-refractivity contribution in [3.8, 4) is 5.75 Å². The molecule has 0 saturated heterocycles. The Kier molecular flexibility index (Phi) is 4.85. The Morgan fingerprint density at radius 3 is 2.75 bits per heavy atom. The van der Waals surface area contributed by atoms with Gasteiger partial charge in [-0.3, -0.25) is 4.79 Å². The quantitative estimate of drug-likeness (QED) is 0.458. The minimum atomic E-state index is -0.824. The van der Waals surface area contributed by atoms with Gasteiger partial charge < -0.3 is 9.47 Å². The first-order chi connectivity index (χ1) is 7.67. The van der Waals surface area contributed by atoms with Crippen molar-refractivity contribution in [1.29, 1.82) is 0 Å². The van der Waals surface area contributed by atoms with Crippen molar-refractivity contribution < 1.29 is 19.1 Å². The van der Waals surface area contributed by atoms with Crippen molar-refractivity contribution in [2.75, 3.05) is 13.7 Å². The van der Waals surface area contributed by atoms with E-state index in [1.807, 2.05) is 0 Å². The molecule has 4 nitrogen and oxygen atoms in total. The first-order valence-corrected chi connectivity index (χ1v) is 5.52. The standard InChI is InChI=1S/C11H12O4S/c1-3-15-10(12)11(13)16-9-6-4-5-8(7-9)14-2/h4-7H,3H2,1-2H3. The van der Waals surface area contributed by atoms with Gasteiger partial charge in [0.1, 0.15) is 5.75 Å². The fourth-order valence-corrected chi connectivity index (χ4v) is 1.68. The second-order valence-electron chi connectivity index (χ2n) is 2.79. The summed E-state index contributed by atoms with van der Waals surface area (Å²) in [6.07, 6.45) is 0. The summed E-state index contributed by atoms with van der Waals surface area (Å²) in [5.41, 5.74) is 0. The Morgan fingerprint density at radius 2 is 2.12 bits per heavy atom. The average Bonchev–Trinajstić information content (AvgIpc) is 2.29. The molecule has 0 aliphatic rings. The predicted octanol–water partition coefficient (Wildman–Crippen LogP) is 1.88. The van der Waals surface area contributed by atoms with Gasteiger partial charge in [-0.1, -0.05) is 6.07 Å². The number of esters is 1. The van der Waals surface area contributed by atoms with Gasteiger partial charge in [-0.2, -0.15) is 0 Å². The Balaban J connectivity index is 2.65. The Hall–Kier alpha value is -1.49. The molecule has 0 spiro atoms. The summed E-state index contributed by atoms with van der Waals surface area (Å²) >= 11 is 0.828. The lowest BCUT2D eigenvalue weighted by atomic mass is 10.3. The lowest BCUT2D eigenvalue weighted by Crippen LogP contribution is -2.13. The molecule has 0 aliphatic heterocycles. The zero-order valence-corrected chi connectivity index (χ0v) is 9.87. The van der Waals surface area contributed by atoms with Crippen LogP contribution in [0.25, 0.3) is 0 Å². The number of benzene rings is 1. The summed E-state index contributed by atoms with van der Waals surface area (Å²) in [5.74, 6) is -0.183. The topological polar surface area (TPSA) is 52.6 Å². The van der Waals surface area contributed by atoms with E-state index >= 15 is 0 Å². The fourth-order valence-electron chi connectivity index (χ4n) is 1.00. The maximum Gasteiger partial charge on any atom is 0.386 e. The van der Waals surface area contributed by atoms with E-state index in [1.165, 1.54) is 7.11 Å². The number of methoxy groups -OCH3 is 1. The lowest BCUT2D eigenvalue weighted by Gasteiger charge is -2.03. The third-order valence-electron chi connectivity index (χ3n) is 1.69. The predicted molar refractivity (Wildman–Crippen MR) is 60.5 cm³/mol. The molecular weight excluding hydrogens is 228 g/mol. The van der Waals surface area contributed by atoms with Gasteiger partial charge in [-0.05, 0) is 36.9 Å². The molecule has 1 rings (SSSR count). The van der Waals surface area contributed by atoms with E-state index in [2.05, 4.69) is 4.74 Å². The molecule has 0 saturated carbocycles. The molecular formula is C11H12O4S. The van der Waals surface area contributed by atoms with Crippen molar-refractivity contribution in [1.82, 2.24) is 0 Å². The van der Waals surface area contributed by atoms with Crippen LogP contribution in [0.2, 0.25) is 0 Å². The summed E-state index contributed by atoms with van der Waals surface area (Å²) < 4.78 is 9.60. The SMILES string of the molecule is CCOC(=O)C(=O)Sc1cccc(OC)c1. The van der Waals surface area contributed by atoms with E-state index in [9.17, 15) is 9.59 Å². The Labute approximate surface area is 97.9 Å². The van der Waals surface area contributed by atoms with Crippen LogP contribution in [0.15, 0.2) is 29.2 Å². The van der Waals surface area contributed by atoms with Crippen LogP contribution in [0.5, 0.6) is 5.75 Å². The van der Waals surface area contributed by atoms with Crippen molar-refractivity contribution in [3.63, 3.8) is 0 Å². The van der Waals surface area contributed by atoms with Crippen LogP contribution in [0.1, 0.15) is 6.92 Å².